The molecule has 0 bridgehead atoms. The van der Waals surface area contributed by atoms with E-state index in [9.17, 15) is 0 Å². The molecule has 12 aromatic carbocycles. The van der Waals surface area contributed by atoms with Crippen LogP contribution in [-0.2, 0) is 21.7 Å². The third-order valence-corrected chi connectivity index (χ3v) is 19.2. The van der Waals surface area contributed by atoms with Crippen molar-refractivity contribution in [2.45, 2.75) is 35.5 Å². The second-order valence-corrected chi connectivity index (χ2v) is 23.0. The second-order valence-electron chi connectivity index (χ2n) is 23.0. The van der Waals surface area contributed by atoms with Crippen molar-refractivity contribution in [3.8, 4) is 44.5 Å². The fraction of sp³-hybridized carbons (Fsp3) is 0.0769. The molecule has 0 N–H and O–H groups in total. The van der Waals surface area contributed by atoms with Gasteiger partial charge in [0.1, 0.15) is 0 Å². The predicted octanol–water partition coefficient (Wildman–Crippen LogP) is 18.9. The molecule has 1 nitrogen and oxygen atoms in total. The van der Waals surface area contributed by atoms with Gasteiger partial charge in [0, 0.05) is 22.5 Å². The molecule has 0 fully saturated rings. The molecule has 0 radical (unpaired) electrons. The molecule has 1 spiro atoms. The van der Waals surface area contributed by atoms with Gasteiger partial charge in [-0.25, -0.2) is 0 Å². The fourth-order valence-corrected chi connectivity index (χ4v) is 16.2. The van der Waals surface area contributed by atoms with Crippen LogP contribution in [0.4, 0.5) is 17.1 Å². The van der Waals surface area contributed by atoms with Crippen LogP contribution >= 0.6 is 0 Å². The molecule has 0 saturated heterocycles. The maximum atomic E-state index is 2.57. The Morgan fingerprint density at radius 2 is 0.570 bits per heavy atom. The smallest absolute Gasteiger partial charge is 0.0726 e. The van der Waals surface area contributed by atoms with E-state index in [0.717, 1.165) is 17.1 Å². The topological polar surface area (TPSA) is 3.24 Å². The molecule has 5 aliphatic carbocycles. The fourth-order valence-electron chi connectivity index (χ4n) is 16.2. The van der Waals surface area contributed by atoms with Crippen LogP contribution in [0.2, 0.25) is 0 Å². The van der Waals surface area contributed by atoms with Crippen LogP contribution in [0, 0.1) is 0 Å². The average molecular weight is 1000 g/mol. The molecular formula is C78H53N. The van der Waals surface area contributed by atoms with Crippen molar-refractivity contribution >= 4 is 17.1 Å². The normalized spacial score (nSPS) is 18.1. The van der Waals surface area contributed by atoms with Crippen LogP contribution in [0.3, 0.4) is 0 Å². The first-order valence-electron chi connectivity index (χ1n) is 28.0. The zero-order valence-electron chi connectivity index (χ0n) is 44.1. The van der Waals surface area contributed by atoms with Crippen molar-refractivity contribution in [3.63, 3.8) is 0 Å². The van der Waals surface area contributed by atoms with Gasteiger partial charge in [0.25, 0.3) is 0 Å². The quantitative estimate of drug-likeness (QED) is 0.160. The Morgan fingerprint density at radius 3 is 1.14 bits per heavy atom. The summed E-state index contributed by atoms with van der Waals surface area (Å²) in [6.07, 6.45) is 0. The summed E-state index contributed by atoms with van der Waals surface area (Å²) in [5, 5.41) is 0. The van der Waals surface area contributed by atoms with Gasteiger partial charge in [0.05, 0.1) is 16.2 Å². The molecule has 0 aliphatic heterocycles. The highest BCUT2D eigenvalue weighted by Crippen LogP contribution is 2.67. The standard InChI is InChI=1S/C78H53N/c1-75(2)64-35-14-9-29-56(64)61-45-43-54(48-72(61)75)79(55-44-46-62-59-32-12-18-39-68(59)78(73(62)49-55)66-37-16-10-30-57(66)58-31-11-17-38-67(58)78)53-28-21-27-52(47-53)76(50-23-5-3-6-24-50)69-40-19-20-41-70(69)77(51-25-7-4-8-26-51)65-36-15-13-33-60(65)63-34-22-42-71(76)74(63)77/h3-49H,1-2H3. The number of nitrogens with zero attached hydrogens (tertiary/aromatic N) is 1. The van der Waals surface area contributed by atoms with E-state index in [-0.39, 0.29) is 5.41 Å². The first-order chi connectivity index (χ1) is 39.0. The predicted molar refractivity (Wildman–Crippen MR) is 324 cm³/mol. The van der Waals surface area contributed by atoms with Gasteiger partial charge in [-0.2, -0.15) is 0 Å². The Kier molecular flexibility index (Phi) is 9.03. The largest absolute Gasteiger partial charge is 0.310 e. The number of anilines is 3. The van der Waals surface area contributed by atoms with E-state index >= 15 is 0 Å². The molecule has 1 heteroatoms. The van der Waals surface area contributed by atoms with E-state index in [4.69, 9.17) is 0 Å². The van der Waals surface area contributed by atoms with Crippen LogP contribution in [0.1, 0.15) is 91.7 Å². The zero-order valence-corrected chi connectivity index (χ0v) is 44.1. The maximum absolute atomic E-state index is 2.57. The molecule has 0 aromatic heterocycles. The summed E-state index contributed by atoms with van der Waals surface area (Å²) >= 11 is 0. The third-order valence-electron chi connectivity index (χ3n) is 19.2. The van der Waals surface area contributed by atoms with Gasteiger partial charge in [0.2, 0.25) is 0 Å². The van der Waals surface area contributed by atoms with Crippen LogP contribution in [0.15, 0.2) is 285 Å². The van der Waals surface area contributed by atoms with Gasteiger partial charge in [0.15, 0.2) is 0 Å². The van der Waals surface area contributed by atoms with Gasteiger partial charge < -0.3 is 4.90 Å². The minimum absolute atomic E-state index is 0.198. The number of rotatable bonds is 6. The molecule has 0 heterocycles. The average Bonchev–Trinajstić information content (AvgIpc) is 2.41. The van der Waals surface area contributed by atoms with Gasteiger partial charge in [-0.1, -0.05) is 263 Å². The van der Waals surface area contributed by atoms with Gasteiger partial charge in [-0.05, 0) is 159 Å². The third kappa shape index (κ3) is 5.50. The summed E-state index contributed by atoms with van der Waals surface area (Å²) in [6.45, 7) is 4.79. The van der Waals surface area contributed by atoms with Crippen molar-refractivity contribution in [2.75, 3.05) is 4.90 Å². The van der Waals surface area contributed by atoms with E-state index in [1.165, 1.54) is 122 Å². The Morgan fingerprint density at radius 1 is 0.215 bits per heavy atom. The molecule has 79 heavy (non-hydrogen) atoms. The lowest BCUT2D eigenvalue weighted by molar-refractivity contribution is 0.627. The monoisotopic (exact) mass is 1000 g/mol. The molecule has 0 saturated carbocycles. The molecule has 12 aromatic rings. The summed E-state index contributed by atoms with van der Waals surface area (Å²) < 4.78 is 0. The Hall–Kier alpha value is -9.56. The second kappa shape index (κ2) is 16.0. The number of fused-ring (bicyclic) bond motifs is 18. The lowest BCUT2D eigenvalue weighted by Gasteiger charge is -2.49. The highest BCUT2D eigenvalue weighted by atomic mass is 15.1. The van der Waals surface area contributed by atoms with Crippen LogP contribution < -0.4 is 4.90 Å². The SMILES string of the molecule is CC1(C)c2ccccc2-c2ccc(N(c3cccc(C4(c5ccccc5)c5ccccc5C5(c6ccccc6)c6ccccc6-c6cccc4c65)c3)c3ccc4c(c3)C3(c5ccccc5-c5ccccc53)c3ccccc3-4)cc21. The van der Waals surface area contributed by atoms with Gasteiger partial charge >= 0.3 is 0 Å². The van der Waals surface area contributed by atoms with Gasteiger partial charge in [-0.3, -0.25) is 0 Å². The Balaban J connectivity index is 0.954. The maximum Gasteiger partial charge on any atom is 0.0726 e. The summed E-state index contributed by atoms with van der Waals surface area (Å²) in [5.74, 6) is 0. The lowest BCUT2D eigenvalue weighted by atomic mass is 9.51. The van der Waals surface area contributed by atoms with Crippen LogP contribution in [0.5, 0.6) is 0 Å². The van der Waals surface area contributed by atoms with Crippen molar-refractivity contribution in [1.82, 2.24) is 0 Å². The first kappa shape index (κ1) is 44.6. The van der Waals surface area contributed by atoms with E-state index in [2.05, 4.69) is 304 Å². The van der Waals surface area contributed by atoms with Crippen molar-refractivity contribution in [3.05, 3.63) is 363 Å². The minimum atomic E-state index is -0.715. The summed E-state index contributed by atoms with van der Waals surface area (Å²) in [7, 11) is 0. The van der Waals surface area contributed by atoms with Crippen molar-refractivity contribution in [2.24, 2.45) is 0 Å². The van der Waals surface area contributed by atoms with Crippen LogP contribution in [0.25, 0.3) is 44.5 Å². The van der Waals surface area contributed by atoms with E-state index in [1.807, 2.05) is 0 Å². The molecule has 2 atom stereocenters. The summed E-state index contributed by atoms with van der Waals surface area (Å²) in [4.78, 5) is 2.57. The molecule has 370 valence electrons. The molecule has 0 amide bonds. The Bertz CT molecular complexity index is 4480. The number of hydrogen-bond donors (Lipinski definition) is 0. The number of benzene rings is 12. The number of hydrogen-bond acceptors (Lipinski definition) is 1. The summed E-state index contributed by atoms with van der Waals surface area (Å²) in [6, 6.07) is 109. The lowest BCUT2D eigenvalue weighted by Crippen LogP contribution is -2.44. The zero-order chi connectivity index (χ0) is 52.2. The van der Waals surface area contributed by atoms with Crippen LogP contribution in [-0.4, -0.2) is 0 Å². The van der Waals surface area contributed by atoms with Gasteiger partial charge in [-0.15, -0.1) is 0 Å². The minimum Gasteiger partial charge on any atom is -0.310 e. The molecular weight excluding hydrogens is 951 g/mol. The first-order valence-corrected chi connectivity index (χ1v) is 28.0. The van der Waals surface area contributed by atoms with E-state index < -0.39 is 16.2 Å². The van der Waals surface area contributed by atoms with Crippen molar-refractivity contribution in [1.29, 1.82) is 0 Å². The van der Waals surface area contributed by atoms with E-state index in [0.29, 0.717) is 0 Å². The highest BCUT2D eigenvalue weighted by Gasteiger charge is 2.58. The van der Waals surface area contributed by atoms with E-state index in [1.54, 1.807) is 0 Å². The van der Waals surface area contributed by atoms with Crippen molar-refractivity contribution < 1.29 is 0 Å². The molecule has 17 rings (SSSR count). The highest BCUT2D eigenvalue weighted by molar-refractivity contribution is 5.97. The molecule has 2 unspecified atom stereocenters. The molecule has 5 aliphatic rings. The Labute approximate surface area is 462 Å². The summed E-state index contributed by atoms with van der Waals surface area (Å²) in [5.41, 5.74) is 30.3.